The summed E-state index contributed by atoms with van der Waals surface area (Å²) in [6.07, 6.45) is 1.52. The second-order valence-corrected chi connectivity index (χ2v) is 7.73. The summed E-state index contributed by atoms with van der Waals surface area (Å²) in [7, 11) is -0.579. The Morgan fingerprint density at radius 3 is 2.42 bits per heavy atom. The lowest BCUT2D eigenvalue weighted by molar-refractivity contribution is -0.121. The summed E-state index contributed by atoms with van der Waals surface area (Å²) in [5.74, 6) is 1.07. The quantitative estimate of drug-likeness (QED) is 0.725. The lowest BCUT2D eigenvalue weighted by atomic mass is 10.1. The highest BCUT2D eigenvalue weighted by molar-refractivity contribution is 7.92. The minimum Gasteiger partial charge on any atom is -0.497 e. The molecule has 0 saturated carbocycles. The Labute approximate surface area is 144 Å². The van der Waals surface area contributed by atoms with E-state index in [2.05, 4.69) is 5.32 Å². The second kappa shape index (κ2) is 8.77. The zero-order valence-corrected chi connectivity index (χ0v) is 15.6. The maximum atomic E-state index is 12.2. The maximum absolute atomic E-state index is 12.2. The average molecular weight is 358 g/mol. The van der Waals surface area contributed by atoms with Crippen LogP contribution in [0.5, 0.6) is 11.5 Å². The highest BCUT2D eigenvalue weighted by Gasteiger charge is 2.22. The van der Waals surface area contributed by atoms with Gasteiger partial charge in [0.05, 0.1) is 32.7 Å². The molecule has 0 spiro atoms. The molecule has 8 heteroatoms. The standard InChI is InChI=1S/C16H26N2O5S/c1-12(2)10-16(19)17-8-9-18(24(5,20)21)14-11-13(22-3)6-7-15(14)23-4/h6-7,11-12H,8-10H2,1-5H3,(H,17,19). The van der Waals surface area contributed by atoms with Gasteiger partial charge in [-0.15, -0.1) is 0 Å². The zero-order chi connectivity index (χ0) is 18.3. The lowest BCUT2D eigenvalue weighted by Crippen LogP contribution is -2.38. The fraction of sp³-hybridized carbons (Fsp3) is 0.562. The van der Waals surface area contributed by atoms with Crippen molar-refractivity contribution in [2.75, 3.05) is 37.9 Å². The second-order valence-electron chi connectivity index (χ2n) is 5.82. The fourth-order valence-electron chi connectivity index (χ4n) is 2.20. The van der Waals surface area contributed by atoms with Crippen LogP contribution >= 0.6 is 0 Å². The van der Waals surface area contributed by atoms with Crippen LogP contribution in [0.1, 0.15) is 20.3 Å². The Bertz CT molecular complexity index is 658. The van der Waals surface area contributed by atoms with Gasteiger partial charge in [0.25, 0.3) is 0 Å². The van der Waals surface area contributed by atoms with Crippen LogP contribution in [0.2, 0.25) is 0 Å². The van der Waals surface area contributed by atoms with Gasteiger partial charge in [0, 0.05) is 19.0 Å². The van der Waals surface area contributed by atoms with Gasteiger partial charge in [-0.2, -0.15) is 0 Å². The molecule has 1 aromatic rings. The van der Waals surface area contributed by atoms with E-state index in [0.717, 1.165) is 6.26 Å². The van der Waals surface area contributed by atoms with Gasteiger partial charge in [-0.05, 0) is 18.1 Å². The number of benzene rings is 1. The number of carbonyl (C=O) groups is 1. The molecule has 0 aliphatic rings. The van der Waals surface area contributed by atoms with E-state index in [0.29, 0.717) is 23.6 Å². The Balaban J connectivity index is 2.97. The van der Waals surface area contributed by atoms with Crippen LogP contribution < -0.4 is 19.1 Å². The number of amides is 1. The number of methoxy groups -OCH3 is 2. The molecule has 0 saturated heterocycles. The number of anilines is 1. The Hall–Kier alpha value is -1.96. The summed E-state index contributed by atoms with van der Waals surface area (Å²) in [4.78, 5) is 11.7. The van der Waals surface area contributed by atoms with Crippen LogP contribution in [0.3, 0.4) is 0 Å². The first kappa shape index (κ1) is 20.1. The topological polar surface area (TPSA) is 84.9 Å². The Morgan fingerprint density at radius 2 is 1.92 bits per heavy atom. The van der Waals surface area contributed by atoms with Gasteiger partial charge in [0.15, 0.2) is 0 Å². The Kier molecular flexibility index (Phi) is 7.34. The third-order valence-electron chi connectivity index (χ3n) is 3.29. The molecule has 1 rings (SSSR count). The summed E-state index contributed by atoms with van der Waals surface area (Å²) in [6, 6.07) is 4.92. The van der Waals surface area contributed by atoms with Crippen molar-refractivity contribution in [3.05, 3.63) is 18.2 Å². The summed E-state index contributed by atoms with van der Waals surface area (Å²) < 4.78 is 35.9. The largest absolute Gasteiger partial charge is 0.497 e. The minimum atomic E-state index is -3.55. The van der Waals surface area contributed by atoms with Gasteiger partial charge in [-0.1, -0.05) is 13.8 Å². The lowest BCUT2D eigenvalue weighted by Gasteiger charge is -2.25. The number of carbonyl (C=O) groups excluding carboxylic acids is 1. The van der Waals surface area contributed by atoms with Gasteiger partial charge in [-0.3, -0.25) is 9.10 Å². The van der Waals surface area contributed by atoms with E-state index in [4.69, 9.17) is 9.47 Å². The summed E-state index contributed by atoms with van der Waals surface area (Å²) in [6.45, 7) is 4.21. The number of nitrogens with zero attached hydrogens (tertiary/aromatic N) is 1. The van der Waals surface area contributed by atoms with Crippen molar-refractivity contribution in [2.45, 2.75) is 20.3 Å². The van der Waals surface area contributed by atoms with E-state index in [1.807, 2.05) is 13.8 Å². The molecule has 0 radical (unpaired) electrons. The monoisotopic (exact) mass is 358 g/mol. The van der Waals surface area contributed by atoms with Crippen molar-refractivity contribution in [2.24, 2.45) is 5.92 Å². The normalized spacial score (nSPS) is 11.2. The number of sulfonamides is 1. The first-order valence-electron chi connectivity index (χ1n) is 7.65. The molecule has 0 heterocycles. The van der Waals surface area contributed by atoms with Crippen molar-refractivity contribution in [1.82, 2.24) is 5.32 Å². The van der Waals surface area contributed by atoms with Crippen molar-refractivity contribution in [3.8, 4) is 11.5 Å². The molecule has 1 N–H and O–H groups in total. The van der Waals surface area contributed by atoms with Gasteiger partial charge >= 0.3 is 0 Å². The van der Waals surface area contributed by atoms with Crippen molar-refractivity contribution in [1.29, 1.82) is 0 Å². The maximum Gasteiger partial charge on any atom is 0.232 e. The SMILES string of the molecule is COc1ccc(OC)c(N(CCNC(=O)CC(C)C)S(C)(=O)=O)c1. The molecule has 1 aromatic carbocycles. The molecule has 0 bridgehead atoms. The van der Waals surface area contributed by atoms with Crippen LogP contribution in [0.25, 0.3) is 0 Å². The van der Waals surface area contributed by atoms with Crippen LogP contribution in [-0.2, 0) is 14.8 Å². The first-order chi connectivity index (χ1) is 11.2. The smallest absolute Gasteiger partial charge is 0.232 e. The van der Waals surface area contributed by atoms with Gasteiger partial charge in [0.2, 0.25) is 15.9 Å². The predicted molar refractivity (Wildman–Crippen MR) is 94.2 cm³/mol. The van der Waals surface area contributed by atoms with E-state index in [-0.39, 0.29) is 24.9 Å². The third kappa shape index (κ3) is 5.92. The molecule has 0 unspecified atom stereocenters. The van der Waals surface area contributed by atoms with E-state index in [1.165, 1.54) is 18.5 Å². The molecule has 0 aliphatic heterocycles. The van der Waals surface area contributed by atoms with Crippen molar-refractivity contribution >= 4 is 21.6 Å². The molecule has 0 aromatic heterocycles. The van der Waals surface area contributed by atoms with Crippen LogP contribution in [0, 0.1) is 5.92 Å². The number of hydrogen-bond donors (Lipinski definition) is 1. The predicted octanol–water partition coefficient (Wildman–Crippen LogP) is 1.63. The Morgan fingerprint density at radius 1 is 1.25 bits per heavy atom. The summed E-state index contributed by atoms with van der Waals surface area (Å²) in [5.41, 5.74) is 0.373. The minimum absolute atomic E-state index is 0.101. The molecule has 1 amide bonds. The van der Waals surface area contributed by atoms with Crippen molar-refractivity contribution in [3.63, 3.8) is 0 Å². The van der Waals surface area contributed by atoms with Crippen LogP contribution in [0.4, 0.5) is 5.69 Å². The highest BCUT2D eigenvalue weighted by atomic mass is 32.2. The molecule has 0 fully saturated rings. The molecule has 7 nitrogen and oxygen atoms in total. The highest BCUT2D eigenvalue weighted by Crippen LogP contribution is 2.33. The third-order valence-corrected chi connectivity index (χ3v) is 4.47. The van der Waals surface area contributed by atoms with Gasteiger partial charge in [0.1, 0.15) is 11.5 Å². The van der Waals surface area contributed by atoms with Gasteiger partial charge < -0.3 is 14.8 Å². The molecule has 24 heavy (non-hydrogen) atoms. The zero-order valence-electron chi connectivity index (χ0n) is 14.8. The molecular weight excluding hydrogens is 332 g/mol. The molecule has 0 atom stereocenters. The molecular formula is C16H26N2O5S. The number of rotatable bonds is 9. The van der Waals surface area contributed by atoms with E-state index in [1.54, 1.807) is 18.2 Å². The number of hydrogen-bond acceptors (Lipinski definition) is 5. The van der Waals surface area contributed by atoms with E-state index >= 15 is 0 Å². The molecule has 0 aliphatic carbocycles. The summed E-state index contributed by atoms with van der Waals surface area (Å²) >= 11 is 0. The average Bonchev–Trinajstić information content (AvgIpc) is 2.49. The molecule has 136 valence electrons. The summed E-state index contributed by atoms with van der Waals surface area (Å²) in [5, 5.41) is 2.74. The van der Waals surface area contributed by atoms with E-state index < -0.39 is 10.0 Å². The van der Waals surface area contributed by atoms with Crippen LogP contribution in [-0.4, -0.2) is 47.9 Å². The fourth-order valence-corrected chi connectivity index (χ4v) is 3.12. The van der Waals surface area contributed by atoms with Crippen LogP contribution in [0.15, 0.2) is 18.2 Å². The van der Waals surface area contributed by atoms with Gasteiger partial charge in [-0.25, -0.2) is 8.42 Å². The van der Waals surface area contributed by atoms with E-state index in [9.17, 15) is 13.2 Å². The number of nitrogens with one attached hydrogen (secondary N) is 1. The van der Waals surface area contributed by atoms with Crippen molar-refractivity contribution < 1.29 is 22.7 Å². The first-order valence-corrected chi connectivity index (χ1v) is 9.50. The number of ether oxygens (including phenoxy) is 2.